The first-order valence-electron chi connectivity index (χ1n) is 9.85. The van der Waals surface area contributed by atoms with Gasteiger partial charge in [-0.1, -0.05) is 12.1 Å². The van der Waals surface area contributed by atoms with Gasteiger partial charge in [-0.05, 0) is 31.5 Å². The summed E-state index contributed by atoms with van der Waals surface area (Å²) in [4.78, 5) is 33.7. The van der Waals surface area contributed by atoms with Crippen LogP contribution in [-0.4, -0.2) is 69.2 Å². The lowest BCUT2D eigenvalue weighted by atomic mass is 9.91. The Morgan fingerprint density at radius 1 is 1.25 bits per heavy atom. The number of nitrogens with zero attached hydrogens (tertiary/aromatic N) is 2. The molecule has 0 bridgehead atoms. The van der Waals surface area contributed by atoms with E-state index in [1.807, 2.05) is 24.3 Å². The summed E-state index contributed by atoms with van der Waals surface area (Å²) in [7, 11) is 1.60. The Hall–Kier alpha value is -2.61. The maximum atomic E-state index is 12.8. The molecular formula is C20H29N4O4+. The summed E-state index contributed by atoms with van der Waals surface area (Å²) >= 11 is 0. The topological polar surface area (TPSA) is 84.7 Å². The van der Waals surface area contributed by atoms with Crippen LogP contribution in [0.25, 0.3) is 0 Å². The van der Waals surface area contributed by atoms with E-state index in [9.17, 15) is 9.59 Å². The highest BCUT2D eigenvalue weighted by Gasteiger charge is 2.42. The van der Waals surface area contributed by atoms with Gasteiger partial charge in [-0.3, -0.25) is 14.9 Å². The van der Waals surface area contributed by atoms with Crippen LogP contribution in [0.2, 0.25) is 0 Å². The Bertz CT molecular complexity index is 726. The predicted octanol–water partition coefficient (Wildman–Crippen LogP) is -0.378. The first kappa shape index (κ1) is 20.1. The molecule has 0 radical (unpaired) electrons. The summed E-state index contributed by atoms with van der Waals surface area (Å²) in [6.07, 6.45) is 0. The van der Waals surface area contributed by atoms with E-state index in [0.717, 1.165) is 38.3 Å². The van der Waals surface area contributed by atoms with E-state index in [2.05, 4.69) is 17.1 Å². The maximum Gasteiger partial charge on any atom is 0.321 e. The number of guanidine groups is 1. The minimum atomic E-state index is -1.00. The molecule has 2 aliphatic heterocycles. The number of likely N-dealkylation sites (N-methyl/N-ethyl adjacent to an activating group) is 1. The highest BCUT2D eigenvalue weighted by Crippen LogP contribution is 2.31. The van der Waals surface area contributed by atoms with Crippen LogP contribution in [-0.2, 0) is 14.3 Å². The number of methoxy groups -OCH3 is 1. The lowest BCUT2D eigenvalue weighted by Crippen LogP contribution is -3.14. The highest BCUT2D eigenvalue weighted by molar-refractivity contribution is 6.08. The fourth-order valence-corrected chi connectivity index (χ4v) is 3.65. The van der Waals surface area contributed by atoms with Crippen molar-refractivity contribution in [1.29, 1.82) is 0 Å². The fourth-order valence-electron chi connectivity index (χ4n) is 3.65. The van der Waals surface area contributed by atoms with Crippen molar-refractivity contribution in [3.8, 4) is 5.75 Å². The average molecular weight is 389 g/mol. The number of hydrogen-bond donors (Lipinski definition) is 2. The van der Waals surface area contributed by atoms with E-state index < -0.39 is 17.9 Å². The number of rotatable bonds is 5. The molecule has 2 heterocycles. The van der Waals surface area contributed by atoms with Gasteiger partial charge >= 0.3 is 5.97 Å². The quantitative estimate of drug-likeness (QED) is 0.530. The monoisotopic (exact) mass is 389 g/mol. The van der Waals surface area contributed by atoms with Gasteiger partial charge in [0.1, 0.15) is 11.8 Å². The summed E-state index contributed by atoms with van der Waals surface area (Å²) in [5, 5.41) is 2.83. The van der Waals surface area contributed by atoms with Crippen molar-refractivity contribution in [2.75, 3.05) is 46.4 Å². The maximum absolute atomic E-state index is 12.8. The Morgan fingerprint density at radius 2 is 1.93 bits per heavy atom. The van der Waals surface area contributed by atoms with Crippen molar-refractivity contribution in [1.82, 2.24) is 10.2 Å². The molecule has 0 unspecified atom stereocenters. The van der Waals surface area contributed by atoms with Crippen molar-refractivity contribution in [3.63, 3.8) is 0 Å². The zero-order valence-electron chi connectivity index (χ0n) is 16.7. The standard InChI is InChI=1S/C20H28N4O4/c1-4-23-10-12-24(13-11-23)20-21-17(14-6-8-15(27-3)9-7-14)16(18(25)22-20)19(26)28-5-2/h6-9,16-17H,4-5,10-13H2,1-3H3,(H,21,22,25)/p+1/t16-,17+/m1/s1. The number of benzene rings is 1. The van der Waals surface area contributed by atoms with Gasteiger partial charge in [-0.15, -0.1) is 0 Å². The molecule has 0 aliphatic carbocycles. The molecule has 0 spiro atoms. The molecule has 0 saturated carbocycles. The lowest BCUT2D eigenvalue weighted by molar-refractivity contribution is -0.902. The second-order valence-electron chi connectivity index (χ2n) is 6.98. The number of esters is 1. The smallest absolute Gasteiger partial charge is 0.321 e. The number of nitrogens with one attached hydrogen (secondary N) is 2. The molecule has 1 amide bonds. The minimum absolute atomic E-state index is 0.219. The van der Waals surface area contributed by atoms with E-state index in [1.165, 1.54) is 4.90 Å². The second-order valence-corrected chi connectivity index (χ2v) is 6.98. The van der Waals surface area contributed by atoms with E-state index >= 15 is 0 Å². The molecule has 1 fully saturated rings. The van der Waals surface area contributed by atoms with Gasteiger partial charge in [0.15, 0.2) is 5.92 Å². The van der Waals surface area contributed by atoms with Gasteiger partial charge < -0.3 is 19.3 Å². The Kier molecular flexibility index (Phi) is 6.51. The average Bonchev–Trinajstić information content (AvgIpc) is 2.73. The van der Waals surface area contributed by atoms with Crippen LogP contribution in [0.1, 0.15) is 25.5 Å². The van der Waals surface area contributed by atoms with Gasteiger partial charge in [0, 0.05) is 0 Å². The Labute approximate surface area is 165 Å². The summed E-state index contributed by atoms with van der Waals surface area (Å²) in [5.41, 5.74) is 0.782. The SMILES string of the molecule is CCOC(=O)[C@H]1C(=O)NC(N2CC[NH+](CC)CC2)=N[C@H]1c1ccc(OC)cc1. The Balaban J connectivity index is 1.90. The summed E-state index contributed by atoms with van der Waals surface area (Å²) < 4.78 is 10.4. The van der Waals surface area contributed by atoms with E-state index in [4.69, 9.17) is 14.5 Å². The number of amides is 1. The molecule has 8 nitrogen and oxygen atoms in total. The summed E-state index contributed by atoms with van der Waals surface area (Å²) in [6.45, 7) is 8.85. The predicted molar refractivity (Wildman–Crippen MR) is 104 cm³/mol. The van der Waals surface area contributed by atoms with Crippen LogP contribution in [0.5, 0.6) is 5.75 Å². The van der Waals surface area contributed by atoms with E-state index in [1.54, 1.807) is 14.0 Å². The van der Waals surface area contributed by atoms with Crippen LogP contribution >= 0.6 is 0 Å². The van der Waals surface area contributed by atoms with Crippen LogP contribution in [0, 0.1) is 5.92 Å². The summed E-state index contributed by atoms with van der Waals surface area (Å²) in [5.74, 6) is -0.667. The van der Waals surface area contributed by atoms with Crippen LogP contribution in [0.3, 0.4) is 0 Å². The molecule has 8 heteroatoms. The molecule has 152 valence electrons. The fraction of sp³-hybridized carbons (Fsp3) is 0.550. The molecular weight excluding hydrogens is 360 g/mol. The highest BCUT2D eigenvalue weighted by atomic mass is 16.5. The lowest BCUT2D eigenvalue weighted by Gasteiger charge is -2.37. The minimum Gasteiger partial charge on any atom is -0.497 e. The first-order chi connectivity index (χ1) is 13.6. The molecule has 0 aromatic heterocycles. The summed E-state index contributed by atoms with van der Waals surface area (Å²) in [6, 6.07) is 6.68. The zero-order valence-corrected chi connectivity index (χ0v) is 16.7. The second kappa shape index (κ2) is 9.05. The third-order valence-corrected chi connectivity index (χ3v) is 5.36. The first-order valence-corrected chi connectivity index (χ1v) is 9.85. The van der Waals surface area contributed by atoms with Gasteiger partial charge in [0.2, 0.25) is 11.9 Å². The van der Waals surface area contributed by atoms with Crippen molar-refractivity contribution in [2.24, 2.45) is 10.9 Å². The molecule has 1 aromatic carbocycles. The van der Waals surface area contributed by atoms with E-state index in [-0.39, 0.29) is 12.5 Å². The third-order valence-electron chi connectivity index (χ3n) is 5.36. The van der Waals surface area contributed by atoms with Crippen molar-refractivity contribution >= 4 is 17.8 Å². The largest absolute Gasteiger partial charge is 0.497 e. The molecule has 1 saturated heterocycles. The number of ether oxygens (including phenoxy) is 2. The van der Waals surface area contributed by atoms with Crippen LogP contribution in [0.15, 0.2) is 29.3 Å². The number of quaternary nitrogens is 1. The molecule has 2 aliphatic rings. The Morgan fingerprint density at radius 3 is 2.50 bits per heavy atom. The van der Waals surface area contributed by atoms with Gasteiger partial charge in [-0.25, -0.2) is 4.99 Å². The number of carbonyl (C=O) groups excluding carboxylic acids is 2. The van der Waals surface area contributed by atoms with Gasteiger partial charge in [0.05, 0.1) is 46.4 Å². The van der Waals surface area contributed by atoms with E-state index in [0.29, 0.717) is 11.7 Å². The third kappa shape index (κ3) is 4.27. The van der Waals surface area contributed by atoms with Gasteiger partial charge in [0.25, 0.3) is 0 Å². The normalized spacial score (nSPS) is 23.0. The van der Waals surface area contributed by atoms with Crippen molar-refractivity contribution in [2.45, 2.75) is 19.9 Å². The molecule has 2 atom stereocenters. The van der Waals surface area contributed by atoms with Crippen LogP contribution in [0.4, 0.5) is 0 Å². The van der Waals surface area contributed by atoms with Crippen molar-refractivity contribution in [3.05, 3.63) is 29.8 Å². The molecule has 1 aromatic rings. The zero-order chi connectivity index (χ0) is 20.1. The number of piperazine rings is 1. The molecule has 3 rings (SSSR count). The molecule has 2 N–H and O–H groups in total. The van der Waals surface area contributed by atoms with Gasteiger partial charge in [-0.2, -0.15) is 0 Å². The number of carbonyl (C=O) groups is 2. The molecule has 28 heavy (non-hydrogen) atoms. The van der Waals surface area contributed by atoms with Crippen LogP contribution < -0.4 is 15.0 Å². The number of hydrogen-bond acceptors (Lipinski definition) is 6. The number of aliphatic imine (C=N–C) groups is 1. The van der Waals surface area contributed by atoms with Crippen molar-refractivity contribution < 1.29 is 24.0 Å².